The monoisotopic (exact) mass is 427 g/mol. The van der Waals surface area contributed by atoms with Crippen LogP contribution >= 0.6 is 0 Å². The molecule has 0 atom stereocenters. The van der Waals surface area contributed by atoms with E-state index < -0.39 is 27.6 Å². The molecule has 8 heteroatoms. The Morgan fingerprint density at radius 1 is 0.931 bits per heavy atom. The predicted octanol–water partition coefficient (Wildman–Crippen LogP) is 5.93. The van der Waals surface area contributed by atoms with Crippen LogP contribution in [0.4, 0.5) is 23.2 Å². The highest BCUT2D eigenvalue weighted by molar-refractivity contribution is 7.92. The lowest BCUT2D eigenvalue weighted by atomic mass is 9.97. The fourth-order valence-corrected chi connectivity index (χ4v) is 4.78. The Balaban J connectivity index is 1.92. The van der Waals surface area contributed by atoms with Crippen LogP contribution in [-0.4, -0.2) is 15.0 Å². The quantitative estimate of drug-likeness (QED) is 0.423. The number of allylic oxidation sites excluding steroid dienone is 1. The van der Waals surface area contributed by atoms with Crippen molar-refractivity contribution in [3.8, 4) is 0 Å². The Morgan fingerprint density at radius 2 is 1.59 bits per heavy atom. The van der Waals surface area contributed by atoms with Gasteiger partial charge in [-0.25, -0.2) is 12.8 Å². The van der Waals surface area contributed by atoms with Crippen molar-refractivity contribution in [3.63, 3.8) is 0 Å². The first-order chi connectivity index (χ1) is 13.7. The third-order valence-electron chi connectivity index (χ3n) is 4.91. The van der Waals surface area contributed by atoms with Gasteiger partial charge in [0.2, 0.25) is 0 Å². The molecule has 3 rings (SSSR count). The molecule has 0 aliphatic heterocycles. The molecule has 0 amide bonds. The summed E-state index contributed by atoms with van der Waals surface area (Å²) < 4.78 is 79.2. The Labute approximate surface area is 167 Å². The second-order valence-corrected chi connectivity index (χ2v) is 8.80. The maximum atomic E-state index is 13.3. The van der Waals surface area contributed by atoms with Crippen molar-refractivity contribution in [3.05, 3.63) is 71.6 Å². The molecule has 0 heterocycles. The predicted molar refractivity (Wildman–Crippen MR) is 104 cm³/mol. The number of halogens is 4. The van der Waals surface area contributed by atoms with Gasteiger partial charge >= 0.3 is 6.18 Å². The minimum atomic E-state index is -4.55. The summed E-state index contributed by atoms with van der Waals surface area (Å²) in [4.78, 5) is -0.243. The van der Waals surface area contributed by atoms with Crippen molar-refractivity contribution >= 4 is 15.7 Å². The van der Waals surface area contributed by atoms with Crippen molar-refractivity contribution in [2.45, 2.75) is 43.2 Å². The molecule has 29 heavy (non-hydrogen) atoms. The van der Waals surface area contributed by atoms with Gasteiger partial charge in [0.25, 0.3) is 10.0 Å². The molecular formula is C21H21F4NO2S. The van der Waals surface area contributed by atoms with Crippen molar-refractivity contribution < 1.29 is 26.0 Å². The molecule has 0 radical (unpaired) electrons. The highest BCUT2D eigenvalue weighted by Gasteiger charge is 2.32. The summed E-state index contributed by atoms with van der Waals surface area (Å²) in [5.41, 5.74) is 0.505. The summed E-state index contributed by atoms with van der Waals surface area (Å²) in [6.45, 7) is 0.126. The van der Waals surface area contributed by atoms with Gasteiger partial charge in [-0.3, -0.25) is 4.31 Å². The first-order valence-corrected chi connectivity index (χ1v) is 10.8. The average Bonchev–Trinajstić information content (AvgIpc) is 2.69. The number of anilines is 1. The molecule has 3 nitrogen and oxygen atoms in total. The molecule has 2 aromatic carbocycles. The van der Waals surface area contributed by atoms with E-state index >= 15 is 0 Å². The minimum Gasteiger partial charge on any atom is -0.266 e. The first-order valence-electron chi connectivity index (χ1n) is 9.31. The van der Waals surface area contributed by atoms with Gasteiger partial charge in [-0.15, -0.1) is 0 Å². The molecular weight excluding hydrogens is 406 g/mol. The summed E-state index contributed by atoms with van der Waals surface area (Å²) in [6.07, 6.45) is 2.08. The summed E-state index contributed by atoms with van der Waals surface area (Å²) in [5.74, 6) is -0.504. The van der Waals surface area contributed by atoms with Crippen LogP contribution in [0.5, 0.6) is 0 Å². The van der Waals surface area contributed by atoms with Crippen molar-refractivity contribution in [2.24, 2.45) is 0 Å². The number of nitrogens with zero attached hydrogens (tertiary/aromatic N) is 1. The van der Waals surface area contributed by atoms with Gasteiger partial charge in [-0.05, 0) is 80.6 Å². The highest BCUT2D eigenvalue weighted by Crippen LogP contribution is 2.31. The second kappa shape index (κ2) is 8.57. The third kappa shape index (κ3) is 5.18. The van der Waals surface area contributed by atoms with Crippen LogP contribution in [0.15, 0.2) is 65.1 Å². The van der Waals surface area contributed by atoms with E-state index in [-0.39, 0.29) is 17.1 Å². The fraction of sp³-hybridized carbons (Fsp3) is 0.333. The number of benzene rings is 2. The molecule has 0 unspecified atom stereocenters. The van der Waals surface area contributed by atoms with E-state index in [1.54, 1.807) is 0 Å². The van der Waals surface area contributed by atoms with E-state index in [9.17, 15) is 26.0 Å². The molecule has 0 fully saturated rings. The van der Waals surface area contributed by atoms with Gasteiger partial charge < -0.3 is 0 Å². The number of rotatable bonds is 6. The maximum absolute atomic E-state index is 13.3. The normalized spacial score (nSPS) is 15.1. The Bertz CT molecular complexity index is 965. The van der Waals surface area contributed by atoms with Gasteiger partial charge in [-0.2, -0.15) is 13.2 Å². The van der Waals surface area contributed by atoms with E-state index in [1.807, 2.05) is 0 Å². The fourth-order valence-electron chi connectivity index (χ4n) is 3.32. The van der Waals surface area contributed by atoms with Gasteiger partial charge in [0.1, 0.15) is 5.82 Å². The highest BCUT2D eigenvalue weighted by atomic mass is 32.2. The largest absolute Gasteiger partial charge is 0.416 e. The molecule has 1 aliphatic rings. The molecule has 0 saturated heterocycles. The SMILES string of the molecule is O=S(=O)(c1ccc(C(F)(F)F)cc1)N(CCC1=CCCCC1)c1ccc(F)cc1. The molecule has 0 aromatic heterocycles. The van der Waals surface area contributed by atoms with Crippen LogP contribution in [0.25, 0.3) is 0 Å². The molecule has 0 saturated carbocycles. The van der Waals surface area contributed by atoms with Crippen LogP contribution in [0, 0.1) is 5.82 Å². The zero-order valence-corrected chi connectivity index (χ0v) is 16.4. The van der Waals surface area contributed by atoms with E-state index in [0.29, 0.717) is 6.42 Å². The van der Waals surface area contributed by atoms with Crippen LogP contribution < -0.4 is 4.31 Å². The summed E-state index contributed by atoms with van der Waals surface area (Å²) in [7, 11) is -4.11. The van der Waals surface area contributed by atoms with Crippen molar-refractivity contribution in [1.29, 1.82) is 0 Å². The number of sulfonamides is 1. The van der Waals surface area contributed by atoms with E-state index in [2.05, 4.69) is 6.08 Å². The Kier molecular flexibility index (Phi) is 6.31. The van der Waals surface area contributed by atoms with Crippen molar-refractivity contribution in [2.75, 3.05) is 10.8 Å². The summed E-state index contributed by atoms with van der Waals surface area (Å²) in [6, 6.07) is 8.43. The topological polar surface area (TPSA) is 37.4 Å². The van der Waals surface area contributed by atoms with Gasteiger partial charge in [-0.1, -0.05) is 11.6 Å². The van der Waals surface area contributed by atoms with Crippen LogP contribution in [-0.2, 0) is 16.2 Å². The van der Waals surface area contributed by atoms with E-state index in [0.717, 1.165) is 72.0 Å². The van der Waals surface area contributed by atoms with E-state index in [4.69, 9.17) is 0 Å². The van der Waals surface area contributed by atoms with Gasteiger partial charge in [0.15, 0.2) is 0 Å². The lowest BCUT2D eigenvalue weighted by Gasteiger charge is -2.26. The zero-order valence-electron chi connectivity index (χ0n) is 15.6. The average molecular weight is 427 g/mol. The van der Waals surface area contributed by atoms with Gasteiger partial charge in [0.05, 0.1) is 16.1 Å². The van der Waals surface area contributed by atoms with E-state index in [1.165, 1.54) is 12.1 Å². The molecule has 0 N–H and O–H groups in total. The van der Waals surface area contributed by atoms with Crippen LogP contribution in [0.1, 0.15) is 37.7 Å². The lowest BCUT2D eigenvalue weighted by Crippen LogP contribution is -2.32. The van der Waals surface area contributed by atoms with Crippen molar-refractivity contribution in [1.82, 2.24) is 0 Å². The zero-order chi connectivity index (χ0) is 21.1. The molecule has 156 valence electrons. The summed E-state index contributed by atoms with van der Waals surface area (Å²) >= 11 is 0. The first kappa shape index (κ1) is 21.4. The number of alkyl halides is 3. The van der Waals surface area contributed by atoms with Crippen LogP contribution in [0.3, 0.4) is 0 Å². The lowest BCUT2D eigenvalue weighted by molar-refractivity contribution is -0.137. The number of hydrogen-bond donors (Lipinski definition) is 0. The molecule has 1 aliphatic carbocycles. The Hall–Kier alpha value is -2.35. The second-order valence-electron chi connectivity index (χ2n) is 6.93. The van der Waals surface area contributed by atoms with Crippen LogP contribution in [0.2, 0.25) is 0 Å². The smallest absolute Gasteiger partial charge is 0.266 e. The Morgan fingerprint density at radius 3 is 2.14 bits per heavy atom. The maximum Gasteiger partial charge on any atom is 0.416 e. The summed E-state index contributed by atoms with van der Waals surface area (Å²) in [5, 5.41) is 0. The molecule has 2 aromatic rings. The number of hydrogen-bond acceptors (Lipinski definition) is 2. The third-order valence-corrected chi connectivity index (χ3v) is 6.75. The standard InChI is InChI=1S/C21H21F4NO2S/c22-18-8-10-19(11-9-18)26(15-14-16-4-2-1-3-5-16)29(27,28)20-12-6-17(7-13-20)21(23,24)25/h4,6-13H,1-3,5,14-15H2. The molecule has 0 spiro atoms. The molecule has 0 bridgehead atoms. The minimum absolute atomic E-state index is 0.126. The van der Waals surface area contributed by atoms with Gasteiger partial charge in [0, 0.05) is 6.54 Å².